The molecule has 0 unspecified atom stereocenters. The molecule has 2 fully saturated rings. The molecule has 0 bridgehead atoms. The maximum absolute atomic E-state index is 6.22. The largest absolute Gasteiger partial charge is 0.345 e. The highest BCUT2D eigenvalue weighted by molar-refractivity contribution is 9.10. The van der Waals surface area contributed by atoms with Crippen LogP contribution in [0, 0.1) is 10.8 Å². The fourth-order valence-corrected chi connectivity index (χ4v) is 6.28. The van der Waals surface area contributed by atoms with Crippen LogP contribution in [0.2, 0.25) is 0 Å². The smallest absolute Gasteiger partial charge is 0.191 e. The van der Waals surface area contributed by atoms with Gasteiger partial charge in [-0.25, -0.2) is 0 Å². The van der Waals surface area contributed by atoms with Crippen molar-refractivity contribution in [2.24, 2.45) is 10.8 Å². The van der Waals surface area contributed by atoms with Crippen molar-refractivity contribution in [2.45, 2.75) is 25.4 Å². The molecule has 0 radical (unpaired) electrons. The van der Waals surface area contributed by atoms with Crippen molar-refractivity contribution in [2.75, 3.05) is 47.7 Å². The SMILES string of the molecule is CC1(c2cccc(C3(C)OCC(CBr)(CBr)CO3)c2)OCC(CBr)(CBr)CO1. The van der Waals surface area contributed by atoms with Crippen LogP contribution in [0.1, 0.15) is 25.0 Å². The molecule has 2 aliphatic heterocycles. The lowest BCUT2D eigenvalue weighted by atomic mass is 9.91. The minimum atomic E-state index is -0.787. The van der Waals surface area contributed by atoms with Crippen LogP contribution >= 0.6 is 63.7 Å². The van der Waals surface area contributed by atoms with Gasteiger partial charge in [0.25, 0.3) is 0 Å². The van der Waals surface area contributed by atoms with Crippen molar-refractivity contribution in [3.05, 3.63) is 35.4 Å². The molecule has 0 saturated carbocycles. The van der Waals surface area contributed by atoms with Crippen molar-refractivity contribution in [3.8, 4) is 0 Å². The van der Waals surface area contributed by atoms with E-state index in [9.17, 15) is 0 Å². The summed E-state index contributed by atoms with van der Waals surface area (Å²) in [7, 11) is 0. The van der Waals surface area contributed by atoms with E-state index in [1.165, 1.54) is 0 Å². The van der Waals surface area contributed by atoms with Crippen LogP contribution in [0.15, 0.2) is 24.3 Å². The van der Waals surface area contributed by atoms with Gasteiger partial charge in [0.1, 0.15) is 0 Å². The fraction of sp³-hybridized carbons (Fsp3) is 0.700. The first-order valence-corrected chi connectivity index (χ1v) is 13.7. The maximum atomic E-state index is 6.22. The molecule has 1 aromatic carbocycles. The van der Waals surface area contributed by atoms with Gasteiger partial charge in [0, 0.05) is 43.3 Å². The molecule has 0 atom stereocenters. The van der Waals surface area contributed by atoms with E-state index in [-0.39, 0.29) is 10.8 Å². The summed E-state index contributed by atoms with van der Waals surface area (Å²) in [4.78, 5) is 0. The van der Waals surface area contributed by atoms with Gasteiger partial charge in [-0.05, 0) is 19.9 Å². The monoisotopic (exact) mass is 646 g/mol. The lowest BCUT2D eigenvalue weighted by Crippen LogP contribution is -2.49. The average molecular weight is 650 g/mol. The Morgan fingerprint density at radius 3 is 1.29 bits per heavy atom. The summed E-state index contributed by atoms with van der Waals surface area (Å²) in [6.07, 6.45) is 0. The Morgan fingerprint density at radius 1 is 0.679 bits per heavy atom. The number of ether oxygens (including phenoxy) is 4. The van der Waals surface area contributed by atoms with Crippen LogP contribution in [0.3, 0.4) is 0 Å². The summed E-state index contributed by atoms with van der Waals surface area (Å²) in [5.41, 5.74) is 1.84. The molecule has 158 valence electrons. The minimum absolute atomic E-state index is 0.0482. The number of alkyl halides is 4. The molecular weight excluding hydrogens is 624 g/mol. The summed E-state index contributed by atoms with van der Waals surface area (Å²) in [5, 5.41) is 3.29. The molecule has 0 amide bonds. The van der Waals surface area contributed by atoms with Crippen LogP contribution in [-0.2, 0) is 30.5 Å². The third-order valence-corrected chi connectivity index (χ3v) is 10.4. The molecule has 1 aromatic rings. The van der Waals surface area contributed by atoms with Gasteiger partial charge in [-0.15, -0.1) is 0 Å². The highest BCUT2D eigenvalue weighted by Gasteiger charge is 2.45. The molecule has 2 heterocycles. The van der Waals surface area contributed by atoms with Crippen molar-refractivity contribution in [3.63, 3.8) is 0 Å². The molecule has 0 spiro atoms. The summed E-state index contributed by atoms with van der Waals surface area (Å²) in [6.45, 7) is 6.43. The van der Waals surface area contributed by atoms with Gasteiger partial charge in [0.15, 0.2) is 11.6 Å². The van der Waals surface area contributed by atoms with Crippen molar-refractivity contribution in [1.29, 1.82) is 0 Å². The molecule has 3 rings (SSSR count). The summed E-state index contributed by atoms with van der Waals surface area (Å²) in [6, 6.07) is 8.15. The van der Waals surface area contributed by atoms with Crippen LogP contribution < -0.4 is 0 Å². The first-order chi connectivity index (χ1) is 13.3. The molecule has 4 nitrogen and oxygen atoms in total. The van der Waals surface area contributed by atoms with E-state index in [1.54, 1.807) is 0 Å². The summed E-state index contributed by atoms with van der Waals surface area (Å²) < 4.78 is 24.9. The van der Waals surface area contributed by atoms with Crippen LogP contribution in [0.5, 0.6) is 0 Å². The molecule has 28 heavy (non-hydrogen) atoms. The number of benzene rings is 1. The predicted molar refractivity (Wildman–Crippen MR) is 125 cm³/mol. The van der Waals surface area contributed by atoms with Gasteiger partial charge in [-0.1, -0.05) is 81.9 Å². The van der Waals surface area contributed by atoms with Gasteiger partial charge in [-0.3, -0.25) is 0 Å². The third kappa shape index (κ3) is 4.59. The zero-order chi connectivity index (χ0) is 20.5. The Kier molecular flexibility index (Phi) is 7.79. The molecule has 0 aliphatic carbocycles. The van der Waals surface area contributed by atoms with E-state index >= 15 is 0 Å². The van der Waals surface area contributed by atoms with E-state index in [2.05, 4.69) is 69.8 Å². The molecule has 0 aromatic heterocycles. The van der Waals surface area contributed by atoms with Crippen molar-refractivity contribution in [1.82, 2.24) is 0 Å². The quantitative estimate of drug-likeness (QED) is 0.372. The lowest BCUT2D eigenvalue weighted by Gasteiger charge is -2.45. The lowest BCUT2D eigenvalue weighted by molar-refractivity contribution is -0.299. The Hall–Kier alpha value is 0.980. The predicted octanol–water partition coefficient (Wildman–Crippen LogP) is 5.68. The molecule has 2 saturated heterocycles. The van der Waals surface area contributed by atoms with E-state index in [4.69, 9.17) is 18.9 Å². The molecule has 8 heteroatoms. The van der Waals surface area contributed by atoms with Gasteiger partial charge in [0.2, 0.25) is 0 Å². The highest BCUT2D eigenvalue weighted by atomic mass is 79.9. The van der Waals surface area contributed by atoms with E-state index in [0.29, 0.717) is 26.4 Å². The summed E-state index contributed by atoms with van der Waals surface area (Å²) in [5.74, 6) is -1.57. The maximum Gasteiger partial charge on any atom is 0.191 e. The first-order valence-electron chi connectivity index (χ1n) is 9.19. The number of hydrogen-bond donors (Lipinski definition) is 0. The number of halogens is 4. The van der Waals surface area contributed by atoms with Crippen LogP contribution in [-0.4, -0.2) is 47.7 Å². The van der Waals surface area contributed by atoms with Crippen molar-refractivity contribution >= 4 is 63.7 Å². The topological polar surface area (TPSA) is 36.9 Å². The Morgan fingerprint density at radius 2 is 1.00 bits per heavy atom. The van der Waals surface area contributed by atoms with Crippen LogP contribution in [0.4, 0.5) is 0 Å². The first kappa shape index (κ1) is 23.6. The van der Waals surface area contributed by atoms with E-state index in [0.717, 1.165) is 32.4 Å². The van der Waals surface area contributed by atoms with Crippen LogP contribution in [0.25, 0.3) is 0 Å². The minimum Gasteiger partial charge on any atom is -0.345 e. The van der Waals surface area contributed by atoms with E-state index < -0.39 is 11.6 Å². The Bertz CT molecular complexity index is 603. The number of hydrogen-bond acceptors (Lipinski definition) is 4. The van der Waals surface area contributed by atoms with Gasteiger partial charge in [0.05, 0.1) is 26.4 Å². The second-order valence-corrected chi connectivity index (χ2v) is 10.4. The Labute approximate surface area is 200 Å². The molecule has 2 aliphatic rings. The van der Waals surface area contributed by atoms with Crippen molar-refractivity contribution < 1.29 is 18.9 Å². The van der Waals surface area contributed by atoms with Gasteiger partial charge in [-0.2, -0.15) is 0 Å². The van der Waals surface area contributed by atoms with Gasteiger partial charge < -0.3 is 18.9 Å². The number of rotatable bonds is 6. The van der Waals surface area contributed by atoms with Gasteiger partial charge >= 0.3 is 0 Å². The molecular formula is C20H26Br4O4. The second-order valence-electron chi connectivity index (χ2n) is 8.16. The summed E-state index contributed by atoms with van der Waals surface area (Å²) >= 11 is 14.3. The average Bonchev–Trinajstić information content (AvgIpc) is 2.76. The standard InChI is InChI=1S/C20H26Br4O4/c1-17(25-11-19(7-21,8-22)12-26-17)15-4-3-5-16(6-15)18(2)27-13-20(9-23,10-24)14-28-18/h3-6H,7-14H2,1-2H3. The molecule has 0 N–H and O–H groups in total. The third-order valence-electron chi connectivity index (χ3n) is 5.66. The highest BCUT2D eigenvalue weighted by Crippen LogP contribution is 2.42. The fourth-order valence-electron chi connectivity index (χ4n) is 3.13. The van der Waals surface area contributed by atoms with E-state index in [1.807, 2.05) is 32.0 Å². The normalized spacial score (nSPS) is 25.4. The second kappa shape index (κ2) is 9.23. The zero-order valence-electron chi connectivity index (χ0n) is 16.1. The zero-order valence-corrected chi connectivity index (χ0v) is 22.5. The Balaban J connectivity index is 1.78.